The number of carbonyl (C=O) groups excluding carboxylic acids is 4. The van der Waals surface area contributed by atoms with E-state index in [4.69, 9.17) is 0 Å². The van der Waals surface area contributed by atoms with Gasteiger partial charge in [0.05, 0.1) is 11.1 Å². The van der Waals surface area contributed by atoms with E-state index in [2.05, 4.69) is 22.9 Å². The molecule has 3 atom stereocenters. The van der Waals surface area contributed by atoms with Crippen LogP contribution in [0.15, 0.2) is 18.2 Å². The van der Waals surface area contributed by atoms with Crippen LogP contribution in [0.5, 0.6) is 0 Å². The summed E-state index contributed by atoms with van der Waals surface area (Å²) in [5, 5.41) is 9.05. The molecule has 29 heavy (non-hydrogen) atoms. The fraction of sp³-hybridized carbons (Fsp3) is 0.524. The number of imide groups is 2. The van der Waals surface area contributed by atoms with Crippen LogP contribution in [0, 0.1) is 11.8 Å². The van der Waals surface area contributed by atoms with Crippen LogP contribution >= 0.6 is 0 Å². The molecule has 8 nitrogen and oxygen atoms in total. The van der Waals surface area contributed by atoms with Gasteiger partial charge in [0, 0.05) is 13.0 Å². The minimum absolute atomic E-state index is 0.118. The van der Waals surface area contributed by atoms with Gasteiger partial charge in [0.25, 0.3) is 11.8 Å². The number of rotatable bonds is 5. The number of hydrogen-bond acceptors (Lipinski definition) is 6. The van der Waals surface area contributed by atoms with E-state index in [1.54, 1.807) is 12.1 Å². The smallest absolute Gasteiger partial charge is 0.262 e. The molecular weight excluding hydrogens is 372 g/mol. The van der Waals surface area contributed by atoms with E-state index >= 15 is 0 Å². The average molecular weight is 398 g/mol. The first-order valence-electron chi connectivity index (χ1n) is 10.2. The maximum Gasteiger partial charge on any atom is 0.262 e. The number of nitrogens with zero attached hydrogens (tertiary/aromatic N) is 1. The van der Waals surface area contributed by atoms with Gasteiger partial charge in [0.15, 0.2) is 0 Å². The van der Waals surface area contributed by atoms with Crippen molar-refractivity contribution in [1.29, 1.82) is 0 Å². The lowest BCUT2D eigenvalue weighted by Crippen LogP contribution is -2.54. The molecule has 1 aromatic rings. The Morgan fingerprint density at radius 3 is 2.72 bits per heavy atom. The highest BCUT2D eigenvalue weighted by molar-refractivity contribution is 6.24. The zero-order valence-corrected chi connectivity index (χ0v) is 16.5. The fourth-order valence-electron chi connectivity index (χ4n) is 4.50. The quantitative estimate of drug-likeness (QED) is 0.621. The lowest BCUT2D eigenvalue weighted by Gasteiger charge is -2.29. The third-order valence-electron chi connectivity index (χ3n) is 6.24. The van der Waals surface area contributed by atoms with E-state index in [1.165, 1.54) is 0 Å². The summed E-state index contributed by atoms with van der Waals surface area (Å²) in [4.78, 5) is 50.6. The molecule has 3 N–H and O–H groups in total. The van der Waals surface area contributed by atoms with Crippen LogP contribution in [-0.4, -0.2) is 54.2 Å². The molecule has 0 radical (unpaired) electrons. The second-order valence-corrected chi connectivity index (χ2v) is 8.15. The van der Waals surface area contributed by atoms with E-state index < -0.39 is 23.8 Å². The molecule has 154 valence electrons. The molecule has 1 aromatic carbocycles. The van der Waals surface area contributed by atoms with Crippen molar-refractivity contribution in [2.24, 2.45) is 11.8 Å². The third kappa shape index (κ3) is 3.70. The molecule has 4 amide bonds. The van der Waals surface area contributed by atoms with Crippen molar-refractivity contribution in [3.63, 3.8) is 0 Å². The normalized spacial score (nSPS) is 27.2. The molecule has 0 bridgehead atoms. The van der Waals surface area contributed by atoms with Gasteiger partial charge < -0.3 is 10.6 Å². The first-order chi connectivity index (χ1) is 14.0. The zero-order chi connectivity index (χ0) is 20.5. The second kappa shape index (κ2) is 8.04. The highest BCUT2D eigenvalue weighted by Gasteiger charge is 2.45. The standard InChI is InChI=1S/C21H26N4O4/c1-12-9-22-8-7-13(12)10-23-11-14-3-2-4-15-18(14)21(29)25(20(15)28)16-5-6-17(26)24-19(16)27/h2-4,12-13,16,22-23H,5-11H2,1H3,(H,24,26,27). The molecule has 2 saturated heterocycles. The van der Waals surface area contributed by atoms with Gasteiger partial charge in [0.2, 0.25) is 11.8 Å². The van der Waals surface area contributed by atoms with Crippen LogP contribution < -0.4 is 16.0 Å². The van der Waals surface area contributed by atoms with Crippen LogP contribution in [0.4, 0.5) is 0 Å². The van der Waals surface area contributed by atoms with Gasteiger partial charge in [-0.05, 0) is 55.9 Å². The van der Waals surface area contributed by atoms with Crippen LogP contribution in [0.2, 0.25) is 0 Å². The van der Waals surface area contributed by atoms with Gasteiger partial charge in [-0.2, -0.15) is 0 Å². The predicted octanol–water partition coefficient (Wildman–Crippen LogP) is 0.423. The minimum Gasteiger partial charge on any atom is -0.316 e. The summed E-state index contributed by atoms with van der Waals surface area (Å²) in [6.45, 7) is 5.61. The average Bonchev–Trinajstić information content (AvgIpc) is 2.95. The molecule has 3 heterocycles. The van der Waals surface area contributed by atoms with Gasteiger partial charge in [-0.25, -0.2) is 0 Å². The molecule has 0 aromatic heterocycles. The Kier molecular flexibility index (Phi) is 5.47. The molecule has 4 rings (SSSR count). The summed E-state index contributed by atoms with van der Waals surface area (Å²) in [6, 6.07) is 4.30. The van der Waals surface area contributed by atoms with E-state index in [1.807, 2.05) is 6.07 Å². The van der Waals surface area contributed by atoms with E-state index in [-0.39, 0.29) is 18.7 Å². The van der Waals surface area contributed by atoms with Crippen molar-refractivity contribution in [1.82, 2.24) is 20.9 Å². The molecular formula is C21H26N4O4. The summed E-state index contributed by atoms with van der Waals surface area (Å²) in [6.07, 6.45) is 1.39. The summed E-state index contributed by atoms with van der Waals surface area (Å²) in [5.74, 6) is -0.718. The maximum absolute atomic E-state index is 13.1. The Morgan fingerprint density at radius 1 is 1.14 bits per heavy atom. The van der Waals surface area contributed by atoms with Crippen molar-refractivity contribution >= 4 is 23.6 Å². The van der Waals surface area contributed by atoms with Crippen molar-refractivity contribution in [3.8, 4) is 0 Å². The first-order valence-corrected chi connectivity index (χ1v) is 10.2. The highest BCUT2D eigenvalue weighted by Crippen LogP contribution is 2.30. The number of carbonyl (C=O) groups is 4. The lowest BCUT2D eigenvalue weighted by atomic mass is 9.88. The van der Waals surface area contributed by atoms with Crippen LogP contribution in [-0.2, 0) is 16.1 Å². The number of amides is 4. The van der Waals surface area contributed by atoms with Crippen LogP contribution in [0.3, 0.4) is 0 Å². The van der Waals surface area contributed by atoms with E-state index in [0.717, 1.165) is 36.5 Å². The third-order valence-corrected chi connectivity index (χ3v) is 6.24. The maximum atomic E-state index is 13.1. The van der Waals surface area contributed by atoms with Crippen molar-refractivity contribution in [2.75, 3.05) is 19.6 Å². The largest absolute Gasteiger partial charge is 0.316 e. The van der Waals surface area contributed by atoms with Gasteiger partial charge in [-0.1, -0.05) is 19.1 Å². The highest BCUT2D eigenvalue weighted by atomic mass is 16.2. The second-order valence-electron chi connectivity index (χ2n) is 8.15. The molecule has 3 unspecified atom stereocenters. The van der Waals surface area contributed by atoms with Gasteiger partial charge in [-0.15, -0.1) is 0 Å². The van der Waals surface area contributed by atoms with E-state index in [9.17, 15) is 19.2 Å². The van der Waals surface area contributed by atoms with Gasteiger partial charge in [-0.3, -0.25) is 29.4 Å². The molecule has 8 heteroatoms. The molecule has 3 aliphatic heterocycles. The van der Waals surface area contributed by atoms with Gasteiger partial charge in [0.1, 0.15) is 6.04 Å². The SMILES string of the molecule is CC1CNCCC1CNCc1cccc2c1C(=O)N(C1CCC(=O)NC1=O)C2=O. The molecule has 0 aliphatic carbocycles. The fourth-order valence-corrected chi connectivity index (χ4v) is 4.50. The van der Waals surface area contributed by atoms with Gasteiger partial charge >= 0.3 is 0 Å². The van der Waals surface area contributed by atoms with Crippen molar-refractivity contribution in [3.05, 3.63) is 34.9 Å². The Bertz CT molecular complexity index is 868. The number of fused-ring (bicyclic) bond motifs is 1. The predicted molar refractivity (Wildman–Crippen MR) is 105 cm³/mol. The van der Waals surface area contributed by atoms with E-state index in [0.29, 0.717) is 29.5 Å². The summed E-state index contributed by atoms with van der Waals surface area (Å²) >= 11 is 0. The minimum atomic E-state index is -0.934. The molecule has 2 fully saturated rings. The number of nitrogens with one attached hydrogen (secondary N) is 3. The summed E-state index contributed by atoms with van der Waals surface area (Å²) in [5.41, 5.74) is 1.46. The van der Waals surface area contributed by atoms with Crippen LogP contribution in [0.25, 0.3) is 0 Å². The zero-order valence-electron chi connectivity index (χ0n) is 16.5. The lowest BCUT2D eigenvalue weighted by molar-refractivity contribution is -0.136. The Morgan fingerprint density at radius 2 is 1.97 bits per heavy atom. The Balaban J connectivity index is 1.49. The van der Waals surface area contributed by atoms with Crippen LogP contribution in [0.1, 0.15) is 52.5 Å². The molecule has 0 spiro atoms. The monoisotopic (exact) mass is 398 g/mol. The topological polar surface area (TPSA) is 108 Å². The number of hydrogen-bond donors (Lipinski definition) is 3. The Hall–Kier alpha value is -2.58. The molecule has 0 saturated carbocycles. The van der Waals surface area contributed by atoms with Crippen molar-refractivity contribution in [2.45, 2.75) is 38.8 Å². The number of piperidine rings is 2. The van der Waals surface area contributed by atoms with Crippen molar-refractivity contribution < 1.29 is 19.2 Å². The molecule has 3 aliphatic rings. The first kappa shape index (κ1) is 19.7. The summed E-state index contributed by atoms with van der Waals surface area (Å²) in [7, 11) is 0. The Labute approximate surface area is 169 Å². The number of benzene rings is 1. The summed E-state index contributed by atoms with van der Waals surface area (Å²) < 4.78 is 0.